The molecule has 0 saturated heterocycles. The second-order valence-electron chi connectivity index (χ2n) is 6.07. The van der Waals surface area contributed by atoms with Crippen LogP contribution in [-0.2, 0) is 25.9 Å². The summed E-state index contributed by atoms with van der Waals surface area (Å²) in [6.45, 7) is 1.33. The Balaban J connectivity index is 2.01. The number of sulfone groups is 1. The molecule has 0 saturated carbocycles. The third kappa shape index (κ3) is 4.03. The number of hydrogen-bond acceptors (Lipinski definition) is 5. The van der Waals surface area contributed by atoms with Gasteiger partial charge in [0.1, 0.15) is 0 Å². The molecule has 0 fully saturated rings. The van der Waals surface area contributed by atoms with E-state index in [1.54, 1.807) is 24.3 Å². The van der Waals surface area contributed by atoms with Crippen molar-refractivity contribution in [1.82, 2.24) is 5.48 Å². The zero-order valence-electron chi connectivity index (χ0n) is 14.5. The van der Waals surface area contributed by atoms with Crippen LogP contribution in [0.3, 0.4) is 0 Å². The van der Waals surface area contributed by atoms with E-state index in [2.05, 4.69) is 11.5 Å². The van der Waals surface area contributed by atoms with E-state index in [0.717, 1.165) is 23.1 Å². The van der Waals surface area contributed by atoms with Gasteiger partial charge in [0.05, 0.1) is 10.6 Å². The van der Waals surface area contributed by atoms with Crippen molar-refractivity contribution in [3.63, 3.8) is 0 Å². The minimum Gasteiger partial charge on any atom is -0.344 e. The molecule has 1 aliphatic rings. The number of benzene rings is 2. The third-order valence-corrected chi connectivity index (χ3v) is 5.18. The van der Waals surface area contributed by atoms with Crippen LogP contribution in [0.4, 0.5) is 0 Å². The van der Waals surface area contributed by atoms with E-state index in [-0.39, 0.29) is 4.90 Å². The average molecular weight is 369 g/mol. The van der Waals surface area contributed by atoms with Gasteiger partial charge >= 0.3 is 5.97 Å². The summed E-state index contributed by atoms with van der Waals surface area (Å²) >= 11 is 0. The largest absolute Gasteiger partial charge is 0.344 e. The maximum Gasteiger partial charge on any atom is 0.329 e. The van der Waals surface area contributed by atoms with Gasteiger partial charge in [-0.15, -0.1) is 0 Å². The fraction of sp³-hybridized carbons (Fsp3) is 0.150. The number of carbonyl (C=O) groups excluding carboxylic acids is 1. The van der Waals surface area contributed by atoms with Gasteiger partial charge in [0.25, 0.3) is 0 Å². The Labute approximate surface area is 152 Å². The van der Waals surface area contributed by atoms with E-state index >= 15 is 0 Å². The molecule has 26 heavy (non-hydrogen) atoms. The molecule has 3 rings (SSSR count). The first-order valence-electron chi connectivity index (χ1n) is 8.08. The van der Waals surface area contributed by atoms with Crippen LogP contribution in [0, 0.1) is 0 Å². The summed E-state index contributed by atoms with van der Waals surface area (Å²) in [5.41, 5.74) is 7.34. The fourth-order valence-corrected chi connectivity index (χ4v) is 3.42. The van der Waals surface area contributed by atoms with Gasteiger partial charge in [-0.05, 0) is 41.3 Å². The van der Waals surface area contributed by atoms with Crippen LogP contribution >= 0.6 is 0 Å². The molecule has 0 bridgehead atoms. The Morgan fingerprint density at radius 2 is 1.81 bits per heavy atom. The van der Waals surface area contributed by atoms with Crippen LogP contribution in [0.5, 0.6) is 0 Å². The Hall–Kier alpha value is -2.86. The zero-order valence-corrected chi connectivity index (χ0v) is 15.3. The summed E-state index contributed by atoms with van der Waals surface area (Å²) in [5, 5.41) is 0. The molecule has 2 aromatic carbocycles. The van der Waals surface area contributed by atoms with Crippen molar-refractivity contribution in [2.75, 3.05) is 6.26 Å². The van der Waals surface area contributed by atoms with Crippen LogP contribution in [0.25, 0.3) is 11.6 Å². The smallest absolute Gasteiger partial charge is 0.329 e. The lowest BCUT2D eigenvalue weighted by molar-refractivity contribution is -0.146. The van der Waals surface area contributed by atoms with E-state index < -0.39 is 15.8 Å². The number of nitrogens with one attached hydrogen (secondary N) is 1. The number of carbonyl (C=O) groups is 1. The molecule has 0 heterocycles. The van der Waals surface area contributed by atoms with Crippen molar-refractivity contribution in [1.29, 1.82) is 0 Å². The van der Waals surface area contributed by atoms with Gasteiger partial charge in [0.2, 0.25) is 0 Å². The van der Waals surface area contributed by atoms with Crippen LogP contribution in [0.1, 0.15) is 23.6 Å². The summed E-state index contributed by atoms with van der Waals surface area (Å²) in [6.07, 6.45) is 5.81. The molecule has 1 N–H and O–H groups in total. The second kappa shape index (κ2) is 7.17. The first-order valence-corrected chi connectivity index (χ1v) is 9.98. The first-order chi connectivity index (χ1) is 12.3. The second-order valence-corrected chi connectivity index (χ2v) is 8.09. The molecule has 5 nitrogen and oxygen atoms in total. The molecule has 6 heteroatoms. The SMILES string of the molecule is CC(=O)ONC1=CCc2ccccc2C1=Cc1ccc(S(C)(=O)=O)cc1. The highest BCUT2D eigenvalue weighted by Crippen LogP contribution is 2.32. The minimum absolute atomic E-state index is 0.275. The minimum atomic E-state index is -3.23. The van der Waals surface area contributed by atoms with Crippen LogP contribution in [-0.4, -0.2) is 20.6 Å². The van der Waals surface area contributed by atoms with E-state index in [0.29, 0.717) is 5.70 Å². The Morgan fingerprint density at radius 3 is 2.46 bits per heavy atom. The van der Waals surface area contributed by atoms with Crippen molar-refractivity contribution in [3.8, 4) is 0 Å². The Morgan fingerprint density at radius 1 is 1.12 bits per heavy atom. The van der Waals surface area contributed by atoms with Crippen molar-refractivity contribution in [2.45, 2.75) is 18.2 Å². The first kappa shape index (κ1) is 17.9. The van der Waals surface area contributed by atoms with Crippen LogP contribution in [0.2, 0.25) is 0 Å². The number of hydroxylamine groups is 1. The van der Waals surface area contributed by atoms with Crippen molar-refractivity contribution >= 4 is 27.5 Å². The summed E-state index contributed by atoms with van der Waals surface area (Å²) in [6, 6.07) is 14.7. The van der Waals surface area contributed by atoms with E-state index in [1.165, 1.54) is 18.7 Å². The molecule has 0 aliphatic heterocycles. The predicted octanol–water partition coefficient (Wildman–Crippen LogP) is 3.14. The summed E-state index contributed by atoms with van der Waals surface area (Å²) in [7, 11) is -3.23. The highest BCUT2D eigenvalue weighted by atomic mass is 32.2. The molecule has 0 atom stereocenters. The van der Waals surface area contributed by atoms with Crippen molar-refractivity contribution in [2.24, 2.45) is 0 Å². The maximum atomic E-state index is 11.6. The van der Waals surface area contributed by atoms with Crippen molar-refractivity contribution in [3.05, 3.63) is 77.0 Å². The lowest BCUT2D eigenvalue weighted by Gasteiger charge is -2.21. The normalized spacial score (nSPS) is 15.2. The number of allylic oxidation sites excluding steroid dienone is 2. The van der Waals surface area contributed by atoms with Gasteiger partial charge < -0.3 is 4.84 Å². The molecular weight excluding hydrogens is 350 g/mol. The molecule has 134 valence electrons. The van der Waals surface area contributed by atoms with Crippen LogP contribution in [0.15, 0.2) is 65.2 Å². The van der Waals surface area contributed by atoms with Gasteiger partial charge in [-0.1, -0.05) is 42.5 Å². The van der Waals surface area contributed by atoms with Crippen LogP contribution < -0.4 is 5.48 Å². The molecule has 0 aromatic heterocycles. The summed E-state index contributed by atoms with van der Waals surface area (Å²) in [4.78, 5) is 16.4. The Bertz CT molecular complexity index is 1000. The maximum absolute atomic E-state index is 11.6. The molecular formula is C20H19NO4S. The predicted molar refractivity (Wildman–Crippen MR) is 101 cm³/mol. The van der Waals surface area contributed by atoms with E-state index in [4.69, 9.17) is 4.84 Å². The van der Waals surface area contributed by atoms with E-state index in [9.17, 15) is 13.2 Å². The van der Waals surface area contributed by atoms with Crippen molar-refractivity contribution < 1.29 is 18.0 Å². The monoisotopic (exact) mass is 369 g/mol. The zero-order chi connectivity index (χ0) is 18.7. The molecule has 0 unspecified atom stereocenters. The van der Waals surface area contributed by atoms with Gasteiger partial charge in [0.15, 0.2) is 9.84 Å². The Kier molecular flexibility index (Phi) is 4.95. The fourth-order valence-electron chi connectivity index (χ4n) is 2.79. The van der Waals surface area contributed by atoms with E-state index in [1.807, 2.05) is 30.4 Å². The molecule has 0 spiro atoms. The third-order valence-electron chi connectivity index (χ3n) is 4.05. The topological polar surface area (TPSA) is 72.5 Å². The van der Waals surface area contributed by atoms with Gasteiger partial charge in [0, 0.05) is 18.8 Å². The number of hydrogen-bond donors (Lipinski definition) is 1. The van der Waals surface area contributed by atoms with Gasteiger partial charge in [-0.3, -0.25) is 4.79 Å². The lowest BCUT2D eigenvalue weighted by Crippen LogP contribution is -2.20. The highest BCUT2D eigenvalue weighted by molar-refractivity contribution is 7.90. The molecule has 0 amide bonds. The molecule has 2 aromatic rings. The van der Waals surface area contributed by atoms with Gasteiger partial charge in [-0.25, -0.2) is 13.9 Å². The quantitative estimate of drug-likeness (QED) is 0.839. The summed E-state index contributed by atoms with van der Waals surface area (Å²) in [5.74, 6) is -0.429. The highest BCUT2D eigenvalue weighted by Gasteiger charge is 2.17. The standard InChI is InChI=1S/C20H19NO4S/c1-14(22)25-21-20-12-9-16-5-3-4-6-18(16)19(20)13-15-7-10-17(11-8-15)26(2,23)24/h3-8,10-13,21H,9H2,1-2H3. The number of fused-ring (bicyclic) bond motifs is 1. The lowest BCUT2D eigenvalue weighted by atomic mass is 9.89. The molecule has 0 radical (unpaired) electrons. The average Bonchev–Trinajstić information content (AvgIpc) is 2.60. The molecule has 1 aliphatic carbocycles. The van der Waals surface area contributed by atoms with Gasteiger partial charge in [-0.2, -0.15) is 0 Å². The summed E-state index contributed by atoms with van der Waals surface area (Å²) < 4.78 is 23.2. The number of rotatable bonds is 4.